The molecule has 0 radical (unpaired) electrons. The first-order chi connectivity index (χ1) is 14.9. The molecule has 6 heteroatoms. The summed E-state index contributed by atoms with van der Waals surface area (Å²) in [5.74, 6) is -0.698. The molecule has 0 aromatic carbocycles. The zero-order valence-corrected chi connectivity index (χ0v) is 19.7. The molecule has 2 N–H and O–H groups in total. The minimum absolute atomic E-state index is 0.0109. The lowest BCUT2D eigenvalue weighted by Gasteiger charge is -2.19. The summed E-state index contributed by atoms with van der Waals surface area (Å²) in [6, 6.07) is -0.608. The highest BCUT2D eigenvalue weighted by atomic mass is 16.6. The minimum Gasteiger partial charge on any atom is -0.458 e. The Kier molecular flexibility index (Phi) is 11.0. The summed E-state index contributed by atoms with van der Waals surface area (Å²) in [6.07, 6.45) is 16.8. The van der Waals surface area contributed by atoms with Crippen LogP contribution in [-0.4, -0.2) is 46.9 Å². The molecular formula is C25H43NO5. The Morgan fingerprint density at radius 3 is 2.58 bits per heavy atom. The fraction of sp³-hybridized carbons (Fsp3) is 0.840. The lowest BCUT2D eigenvalue weighted by Crippen LogP contribution is -2.39. The number of aliphatic hydroxyl groups is 1. The van der Waals surface area contributed by atoms with Crippen molar-refractivity contribution in [2.24, 2.45) is 0 Å². The first kappa shape index (κ1) is 25.9. The SMILES string of the molecule is CCCCCCCC[C@H]1O[C@H]1CC/C=C/C[C@H](O)CC(=O)NC1C[C@](C)(CC)OC1=O. The Bertz CT molecular complexity index is 592. The van der Waals surface area contributed by atoms with Crippen LogP contribution in [0.4, 0.5) is 0 Å². The van der Waals surface area contributed by atoms with Gasteiger partial charge in [-0.2, -0.15) is 0 Å². The van der Waals surface area contributed by atoms with Gasteiger partial charge in [0.05, 0.1) is 24.7 Å². The Morgan fingerprint density at radius 2 is 1.87 bits per heavy atom. The van der Waals surface area contributed by atoms with Crippen LogP contribution in [0, 0.1) is 0 Å². The third kappa shape index (κ3) is 9.73. The van der Waals surface area contributed by atoms with Crippen molar-refractivity contribution in [2.45, 2.75) is 134 Å². The molecule has 0 spiro atoms. The highest BCUT2D eigenvalue weighted by molar-refractivity contribution is 5.86. The van der Waals surface area contributed by atoms with E-state index in [2.05, 4.69) is 18.3 Å². The Hall–Kier alpha value is -1.40. The van der Waals surface area contributed by atoms with Crippen molar-refractivity contribution >= 4 is 11.9 Å². The lowest BCUT2D eigenvalue weighted by atomic mass is 9.97. The van der Waals surface area contributed by atoms with Crippen LogP contribution in [0.5, 0.6) is 0 Å². The summed E-state index contributed by atoms with van der Waals surface area (Å²) in [5.41, 5.74) is -0.505. The summed E-state index contributed by atoms with van der Waals surface area (Å²) in [6.45, 7) is 6.07. The molecule has 0 aromatic rings. The molecular weight excluding hydrogens is 394 g/mol. The van der Waals surface area contributed by atoms with E-state index in [0.29, 0.717) is 31.5 Å². The average molecular weight is 438 g/mol. The summed E-state index contributed by atoms with van der Waals surface area (Å²) in [5, 5.41) is 12.8. The van der Waals surface area contributed by atoms with E-state index < -0.39 is 17.7 Å². The molecule has 2 aliphatic heterocycles. The topological polar surface area (TPSA) is 88.2 Å². The Morgan fingerprint density at radius 1 is 1.16 bits per heavy atom. The molecule has 31 heavy (non-hydrogen) atoms. The van der Waals surface area contributed by atoms with E-state index in [0.717, 1.165) is 12.8 Å². The highest BCUT2D eigenvalue weighted by Gasteiger charge is 2.42. The summed E-state index contributed by atoms with van der Waals surface area (Å²) in [7, 11) is 0. The third-order valence-corrected chi connectivity index (χ3v) is 6.49. The van der Waals surface area contributed by atoms with Gasteiger partial charge >= 0.3 is 5.97 Å². The highest BCUT2D eigenvalue weighted by Crippen LogP contribution is 2.31. The van der Waals surface area contributed by atoms with E-state index >= 15 is 0 Å². The third-order valence-electron chi connectivity index (χ3n) is 6.49. The van der Waals surface area contributed by atoms with Gasteiger partial charge in [0, 0.05) is 6.42 Å². The molecule has 1 amide bonds. The quantitative estimate of drug-likeness (QED) is 0.160. The molecule has 6 nitrogen and oxygen atoms in total. The van der Waals surface area contributed by atoms with Gasteiger partial charge in [0.2, 0.25) is 5.91 Å². The summed E-state index contributed by atoms with van der Waals surface area (Å²) in [4.78, 5) is 24.0. The number of epoxide rings is 1. The van der Waals surface area contributed by atoms with Gasteiger partial charge < -0.3 is 19.9 Å². The number of unbranched alkanes of at least 4 members (excludes halogenated alkanes) is 5. The van der Waals surface area contributed by atoms with E-state index in [9.17, 15) is 14.7 Å². The van der Waals surface area contributed by atoms with Crippen molar-refractivity contribution in [3.05, 3.63) is 12.2 Å². The van der Waals surface area contributed by atoms with Gasteiger partial charge in [-0.1, -0.05) is 64.5 Å². The Balaban J connectivity index is 1.49. The van der Waals surface area contributed by atoms with Crippen molar-refractivity contribution in [2.75, 3.05) is 0 Å². The molecule has 5 atom stereocenters. The molecule has 2 heterocycles. The molecule has 0 aromatic heterocycles. The summed E-state index contributed by atoms with van der Waals surface area (Å²) < 4.78 is 11.1. The summed E-state index contributed by atoms with van der Waals surface area (Å²) >= 11 is 0. The van der Waals surface area contributed by atoms with Gasteiger partial charge in [0.25, 0.3) is 0 Å². The lowest BCUT2D eigenvalue weighted by molar-refractivity contribution is -0.149. The van der Waals surface area contributed by atoms with Crippen molar-refractivity contribution in [3.8, 4) is 0 Å². The Labute approximate surface area is 188 Å². The van der Waals surface area contributed by atoms with Gasteiger partial charge in [0.1, 0.15) is 11.6 Å². The molecule has 0 bridgehead atoms. The maximum Gasteiger partial charge on any atom is 0.329 e. The van der Waals surface area contributed by atoms with Crippen LogP contribution in [0.2, 0.25) is 0 Å². The average Bonchev–Trinajstić information content (AvgIpc) is 3.40. The van der Waals surface area contributed by atoms with E-state index in [1.807, 2.05) is 19.9 Å². The number of aliphatic hydroxyl groups excluding tert-OH is 1. The fourth-order valence-corrected chi connectivity index (χ4v) is 4.19. The largest absolute Gasteiger partial charge is 0.458 e. The van der Waals surface area contributed by atoms with Crippen molar-refractivity contribution < 1.29 is 24.2 Å². The maximum absolute atomic E-state index is 12.1. The van der Waals surface area contributed by atoms with Crippen molar-refractivity contribution in [3.63, 3.8) is 0 Å². The number of ether oxygens (including phenoxy) is 2. The van der Waals surface area contributed by atoms with Gasteiger partial charge in [-0.05, 0) is 39.0 Å². The van der Waals surface area contributed by atoms with Gasteiger partial charge in [0.15, 0.2) is 0 Å². The van der Waals surface area contributed by atoms with Crippen LogP contribution in [0.1, 0.15) is 104 Å². The smallest absolute Gasteiger partial charge is 0.329 e. The number of esters is 1. The molecule has 0 saturated carbocycles. The molecule has 2 saturated heterocycles. The molecule has 2 aliphatic rings. The number of carbonyl (C=O) groups excluding carboxylic acids is 2. The van der Waals surface area contributed by atoms with Crippen LogP contribution in [0.3, 0.4) is 0 Å². The van der Waals surface area contributed by atoms with E-state index in [-0.39, 0.29) is 18.3 Å². The number of nitrogens with one attached hydrogen (secondary N) is 1. The molecule has 178 valence electrons. The predicted octanol–water partition coefficient (Wildman–Crippen LogP) is 4.58. The van der Waals surface area contributed by atoms with Crippen LogP contribution in [0.25, 0.3) is 0 Å². The van der Waals surface area contributed by atoms with Crippen LogP contribution < -0.4 is 5.32 Å². The number of allylic oxidation sites excluding steroid dienone is 1. The fourth-order valence-electron chi connectivity index (χ4n) is 4.19. The molecule has 2 fully saturated rings. The monoisotopic (exact) mass is 437 g/mol. The number of hydrogen-bond acceptors (Lipinski definition) is 5. The first-order valence-electron chi connectivity index (χ1n) is 12.4. The maximum atomic E-state index is 12.1. The van der Waals surface area contributed by atoms with Crippen LogP contribution in [-0.2, 0) is 19.1 Å². The number of rotatable bonds is 16. The standard InChI is InChI=1S/C25H43NO5/c1-4-6-7-8-9-12-15-21-22(30-21)16-13-10-11-14-19(27)17-23(28)26-20-18-25(3,5-2)31-24(20)29/h10-11,19-22,27H,4-9,12-18H2,1-3H3,(H,26,28)/b11-10+/t19-,20?,21+,22-,25-/m0/s1. The second-order valence-electron chi connectivity index (χ2n) is 9.46. The molecule has 0 aliphatic carbocycles. The number of amides is 1. The van der Waals surface area contributed by atoms with Crippen molar-refractivity contribution in [1.82, 2.24) is 5.32 Å². The van der Waals surface area contributed by atoms with Crippen LogP contribution in [0.15, 0.2) is 12.2 Å². The minimum atomic E-state index is -0.746. The molecule has 2 rings (SSSR count). The first-order valence-corrected chi connectivity index (χ1v) is 12.4. The van der Waals surface area contributed by atoms with E-state index in [1.165, 1.54) is 44.9 Å². The van der Waals surface area contributed by atoms with Crippen molar-refractivity contribution in [1.29, 1.82) is 0 Å². The number of hydrogen-bond donors (Lipinski definition) is 2. The second-order valence-corrected chi connectivity index (χ2v) is 9.46. The number of carbonyl (C=O) groups is 2. The van der Waals surface area contributed by atoms with Crippen LogP contribution >= 0.6 is 0 Å². The predicted molar refractivity (Wildman–Crippen MR) is 122 cm³/mol. The normalized spacial score (nSPS) is 28.6. The second kappa shape index (κ2) is 13.2. The number of cyclic esters (lactones) is 1. The van der Waals surface area contributed by atoms with Gasteiger partial charge in [-0.3, -0.25) is 4.79 Å². The van der Waals surface area contributed by atoms with E-state index in [4.69, 9.17) is 9.47 Å². The van der Waals surface area contributed by atoms with Gasteiger partial charge in [-0.25, -0.2) is 4.79 Å². The zero-order chi connectivity index (χ0) is 22.7. The molecule has 1 unspecified atom stereocenters. The van der Waals surface area contributed by atoms with E-state index in [1.54, 1.807) is 0 Å². The zero-order valence-electron chi connectivity index (χ0n) is 19.7. The van der Waals surface area contributed by atoms with Gasteiger partial charge in [-0.15, -0.1) is 0 Å².